The molecule has 4 nitrogen and oxygen atoms in total. The minimum absolute atomic E-state index is 0.245. The minimum atomic E-state index is -0.245. The number of hydrogen-bond donors (Lipinski definition) is 1. The molecule has 0 spiro atoms. The highest BCUT2D eigenvalue weighted by atomic mass is 16.5. The van der Waals surface area contributed by atoms with Crippen molar-refractivity contribution in [2.24, 2.45) is 0 Å². The predicted octanol–water partition coefficient (Wildman–Crippen LogP) is 1.02. The number of carbonyl (C=O) groups is 2. The quantitative estimate of drug-likeness (QED) is 0.446. The monoisotopic (exact) mass is 180 g/mol. The first kappa shape index (κ1) is 22.5. The van der Waals surface area contributed by atoms with Crippen molar-refractivity contribution >= 4 is 12.3 Å². The van der Waals surface area contributed by atoms with Crippen molar-refractivity contribution in [3.8, 4) is 0 Å². The lowest BCUT2D eigenvalue weighted by molar-refractivity contribution is -0.137. The summed E-state index contributed by atoms with van der Waals surface area (Å²) in [6, 6.07) is 0. The Morgan fingerprint density at radius 1 is 1.33 bits per heavy atom. The van der Waals surface area contributed by atoms with Crippen LogP contribution in [0.25, 0.3) is 0 Å². The highest BCUT2D eigenvalue weighted by Gasteiger charge is 1.75. The van der Waals surface area contributed by atoms with E-state index in [2.05, 4.69) is 4.74 Å². The Hall–Kier alpha value is -0.900. The van der Waals surface area contributed by atoms with E-state index in [0.29, 0.717) is 0 Å². The molecule has 0 atom stereocenters. The van der Waals surface area contributed by atoms with Gasteiger partial charge in [-0.3, -0.25) is 4.79 Å². The van der Waals surface area contributed by atoms with Crippen molar-refractivity contribution < 1.29 is 19.4 Å². The number of aldehydes is 1. The Morgan fingerprint density at radius 3 is 1.42 bits per heavy atom. The van der Waals surface area contributed by atoms with Gasteiger partial charge in [-0.05, 0) is 6.92 Å². The molecule has 0 amide bonds. The molecule has 0 aromatic carbocycles. The van der Waals surface area contributed by atoms with Gasteiger partial charge in [-0.2, -0.15) is 0 Å². The van der Waals surface area contributed by atoms with Crippen molar-refractivity contribution in [3.63, 3.8) is 0 Å². The second-order valence-electron chi connectivity index (χ2n) is 0.931. The summed E-state index contributed by atoms with van der Waals surface area (Å²) >= 11 is 0. The lowest BCUT2D eigenvalue weighted by Crippen LogP contribution is -1.88. The average molecular weight is 180 g/mol. The van der Waals surface area contributed by atoms with Crippen molar-refractivity contribution in [2.45, 2.75) is 27.7 Å². The lowest BCUT2D eigenvalue weighted by atomic mass is 10.8. The van der Waals surface area contributed by atoms with Crippen LogP contribution < -0.4 is 0 Å². The number of aliphatic hydroxyl groups excluding tert-OH is 1. The van der Waals surface area contributed by atoms with Gasteiger partial charge in [0.15, 0.2) is 0 Å². The van der Waals surface area contributed by atoms with E-state index >= 15 is 0 Å². The van der Waals surface area contributed by atoms with Crippen molar-refractivity contribution in [3.05, 3.63) is 0 Å². The number of methoxy groups -OCH3 is 1. The maximum atomic E-state index is 9.59. The predicted molar refractivity (Wildman–Crippen MR) is 48.9 cm³/mol. The van der Waals surface area contributed by atoms with E-state index in [1.807, 2.05) is 13.8 Å². The largest absolute Gasteiger partial charge is 0.469 e. The molecule has 0 unspecified atom stereocenters. The summed E-state index contributed by atoms with van der Waals surface area (Å²) in [7, 11) is 2.35. The second-order valence-corrected chi connectivity index (χ2v) is 0.931. The van der Waals surface area contributed by atoms with Crippen LogP contribution in [0.2, 0.25) is 0 Å². The second kappa shape index (κ2) is 49.8. The molecule has 0 aromatic heterocycles. The first-order chi connectivity index (χ1) is 5.68. The normalized spacial score (nSPS) is 4.92. The summed E-state index contributed by atoms with van der Waals surface area (Å²) in [5, 5.41) is 7.00. The van der Waals surface area contributed by atoms with E-state index in [9.17, 15) is 4.79 Å². The molecule has 0 aliphatic rings. The Morgan fingerprint density at radius 2 is 1.42 bits per heavy atom. The molecule has 0 fully saturated rings. The van der Waals surface area contributed by atoms with E-state index in [1.54, 1.807) is 0 Å². The first-order valence-electron chi connectivity index (χ1n) is 3.58. The van der Waals surface area contributed by atoms with Gasteiger partial charge >= 0.3 is 5.97 Å². The van der Waals surface area contributed by atoms with Crippen LogP contribution in [0.5, 0.6) is 0 Å². The number of ether oxygens (including phenoxy) is 1. The maximum Gasteiger partial charge on any atom is 0.302 e. The summed E-state index contributed by atoms with van der Waals surface area (Å²) in [6.45, 7) is 6.81. The molecule has 0 aliphatic carbocycles. The third-order valence-electron chi connectivity index (χ3n) is 0.287. The first-order valence-corrected chi connectivity index (χ1v) is 3.58. The van der Waals surface area contributed by atoms with E-state index in [1.165, 1.54) is 21.0 Å². The fourth-order valence-corrected chi connectivity index (χ4v) is 0. The van der Waals surface area contributed by atoms with E-state index < -0.39 is 0 Å². The molecule has 0 bridgehead atoms. The SMILES string of the molecule is CC.CC=O.CO.COC(C)=O. The van der Waals surface area contributed by atoms with Crippen molar-refractivity contribution in [2.75, 3.05) is 14.2 Å². The topological polar surface area (TPSA) is 63.6 Å². The molecule has 12 heavy (non-hydrogen) atoms. The molecule has 76 valence electrons. The van der Waals surface area contributed by atoms with Crippen LogP contribution in [0.3, 0.4) is 0 Å². The third kappa shape index (κ3) is 493. The zero-order valence-electron chi connectivity index (χ0n) is 8.75. The average Bonchev–Trinajstić information content (AvgIpc) is 2.13. The van der Waals surface area contributed by atoms with E-state index in [4.69, 9.17) is 9.90 Å². The lowest BCUT2D eigenvalue weighted by Gasteiger charge is -1.80. The van der Waals surface area contributed by atoms with Gasteiger partial charge in [0.1, 0.15) is 6.29 Å². The van der Waals surface area contributed by atoms with Crippen LogP contribution in [-0.4, -0.2) is 31.6 Å². The molecule has 0 rings (SSSR count). The molecule has 0 aromatic rings. The zero-order valence-corrected chi connectivity index (χ0v) is 8.75. The van der Waals surface area contributed by atoms with Crippen LogP contribution in [0.4, 0.5) is 0 Å². The molecule has 0 radical (unpaired) electrons. The van der Waals surface area contributed by atoms with Gasteiger partial charge in [0, 0.05) is 14.0 Å². The van der Waals surface area contributed by atoms with Gasteiger partial charge in [0.25, 0.3) is 0 Å². The fraction of sp³-hybridized carbons (Fsp3) is 0.750. The summed E-state index contributed by atoms with van der Waals surface area (Å²) in [5.74, 6) is -0.245. The van der Waals surface area contributed by atoms with Crippen LogP contribution >= 0.6 is 0 Å². The summed E-state index contributed by atoms with van der Waals surface area (Å²) in [4.78, 5) is 18.4. The molecular weight excluding hydrogens is 160 g/mol. The molecule has 4 heteroatoms. The molecule has 0 heterocycles. The number of rotatable bonds is 0. The molecule has 1 N–H and O–H groups in total. The molecule has 0 saturated carbocycles. The van der Waals surface area contributed by atoms with Crippen molar-refractivity contribution in [1.82, 2.24) is 0 Å². The van der Waals surface area contributed by atoms with Gasteiger partial charge in [-0.1, -0.05) is 13.8 Å². The van der Waals surface area contributed by atoms with Gasteiger partial charge < -0.3 is 14.6 Å². The summed E-state index contributed by atoms with van der Waals surface area (Å²) in [6.07, 6.45) is 0.750. The number of esters is 1. The van der Waals surface area contributed by atoms with Gasteiger partial charge in [-0.15, -0.1) is 0 Å². The van der Waals surface area contributed by atoms with Gasteiger partial charge in [0.2, 0.25) is 0 Å². The number of carbonyl (C=O) groups excluding carboxylic acids is 2. The summed E-state index contributed by atoms with van der Waals surface area (Å²) < 4.78 is 4.11. The van der Waals surface area contributed by atoms with Crippen LogP contribution in [0.15, 0.2) is 0 Å². The maximum absolute atomic E-state index is 9.59. The fourth-order valence-electron chi connectivity index (χ4n) is 0. The zero-order chi connectivity index (χ0) is 11.0. The Labute approximate surface area is 74.5 Å². The van der Waals surface area contributed by atoms with Crippen molar-refractivity contribution in [1.29, 1.82) is 0 Å². The summed E-state index contributed by atoms with van der Waals surface area (Å²) in [5.41, 5.74) is 0. The highest BCUT2D eigenvalue weighted by Crippen LogP contribution is 1.60. The number of hydrogen-bond acceptors (Lipinski definition) is 4. The Bertz CT molecular complexity index is 71.5. The van der Waals surface area contributed by atoms with E-state index in [-0.39, 0.29) is 5.97 Å². The Kier molecular flexibility index (Phi) is 93.1. The smallest absolute Gasteiger partial charge is 0.302 e. The van der Waals surface area contributed by atoms with Crippen LogP contribution in [-0.2, 0) is 14.3 Å². The third-order valence-corrected chi connectivity index (χ3v) is 0.287. The van der Waals surface area contributed by atoms with Gasteiger partial charge in [0.05, 0.1) is 7.11 Å². The van der Waals surface area contributed by atoms with Crippen LogP contribution in [0.1, 0.15) is 27.7 Å². The highest BCUT2D eigenvalue weighted by molar-refractivity contribution is 5.65. The van der Waals surface area contributed by atoms with Gasteiger partial charge in [-0.25, -0.2) is 0 Å². The molecule has 0 aliphatic heterocycles. The number of aliphatic hydroxyl groups is 1. The molecule has 0 saturated heterocycles. The molecular formula is C8H20O4. The van der Waals surface area contributed by atoms with Crippen LogP contribution in [0, 0.1) is 0 Å². The van der Waals surface area contributed by atoms with E-state index in [0.717, 1.165) is 13.4 Å². The standard InChI is InChI=1S/C3H6O2.C2H4O.C2H6.CH4O/c1-3(4)5-2;1-2-3;2*1-2/h1-2H3;2H,1H3;1-2H3;2H,1H3. The minimum Gasteiger partial charge on any atom is -0.469 e. The Balaban J connectivity index is -0.0000000397.